The van der Waals surface area contributed by atoms with E-state index in [-0.39, 0.29) is 5.78 Å². The van der Waals surface area contributed by atoms with Crippen LogP contribution in [0.5, 0.6) is 0 Å². The predicted octanol–water partition coefficient (Wildman–Crippen LogP) is 3.50. The Kier molecular flexibility index (Phi) is 3.47. The van der Waals surface area contributed by atoms with Crippen molar-refractivity contribution in [3.63, 3.8) is 0 Å². The van der Waals surface area contributed by atoms with E-state index in [0.717, 1.165) is 5.56 Å². The molecule has 1 nitrogen and oxygen atoms in total. The second-order valence-corrected chi connectivity index (χ2v) is 5.21. The Morgan fingerprint density at radius 2 is 2.20 bits per heavy atom. The van der Waals surface area contributed by atoms with Crippen LogP contribution in [0.4, 0.5) is 0 Å². The number of ketones is 1. The van der Waals surface area contributed by atoms with Crippen LogP contribution in [0.15, 0.2) is 24.3 Å². The van der Waals surface area contributed by atoms with Gasteiger partial charge >= 0.3 is 0 Å². The molecule has 1 atom stereocenters. The number of rotatable bonds is 2. The molecule has 1 saturated heterocycles. The molecule has 2 rings (SSSR count). The van der Waals surface area contributed by atoms with Crippen molar-refractivity contribution < 1.29 is 4.79 Å². The van der Waals surface area contributed by atoms with E-state index in [1.807, 2.05) is 30.0 Å². The largest absolute Gasteiger partial charge is 0.295 e. The van der Waals surface area contributed by atoms with Crippen molar-refractivity contribution >= 4 is 17.5 Å². The monoisotopic (exact) mass is 220 g/mol. The summed E-state index contributed by atoms with van der Waals surface area (Å²) < 4.78 is 0. The molecule has 80 valence electrons. The van der Waals surface area contributed by atoms with E-state index < -0.39 is 0 Å². The molecule has 1 aromatic carbocycles. The van der Waals surface area contributed by atoms with E-state index in [1.165, 1.54) is 29.9 Å². The van der Waals surface area contributed by atoms with Gasteiger partial charge in [0, 0.05) is 11.3 Å². The van der Waals surface area contributed by atoms with E-state index in [4.69, 9.17) is 0 Å². The first-order valence-electron chi connectivity index (χ1n) is 5.46. The Balaban J connectivity index is 2.29. The second-order valence-electron chi connectivity index (χ2n) is 4.06. The Morgan fingerprint density at radius 3 is 2.87 bits per heavy atom. The Labute approximate surface area is 95.3 Å². The Hall–Kier alpha value is -0.760. The maximum Gasteiger partial charge on any atom is 0.160 e. The summed E-state index contributed by atoms with van der Waals surface area (Å²) in [5.41, 5.74) is 2.18. The van der Waals surface area contributed by atoms with Gasteiger partial charge in [0.25, 0.3) is 0 Å². The van der Waals surface area contributed by atoms with E-state index >= 15 is 0 Å². The molecule has 0 aromatic heterocycles. The molecule has 1 aliphatic rings. The first-order valence-corrected chi connectivity index (χ1v) is 6.62. The van der Waals surface area contributed by atoms with E-state index in [2.05, 4.69) is 6.07 Å². The van der Waals surface area contributed by atoms with Gasteiger partial charge in [0.2, 0.25) is 0 Å². The molecule has 0 bridgehead atoms. The molecular weight excluding hydrogens is 204 g/mol. The lowest BCUT2D eigenvalue weighted by Crippen LogP contribution is -2.12. The minimum atomic E-state index is 0.196. The molecule has 0 spiro atoms. The normalized spacial score (nSPS) is 21.3. The molecule has 1 aromatic rings. The number of benzene rings is 1. The predicted molar refractivity (Wildman–Crippen MR) is 65.7 cm³/mol. The lowest BCUT2D eigenvalue weighted by molar-refractivity contribution is 0.101. The van der Waals surface area contributed by atoms with Crippen molar-refractivity contribution in [3.05, 3.63) is 35.4 Å². The van der Waals surface area contributed by atoms with E-state index in [1.54, 1.807) is 6.92 Å². The number of carbonyl (C=O) groups is 1. The summed E-state index contributed by atoms with van der Waals surface area (Å²) in [6, 6.07) is 8.07. The van der Waals surface area contributed by atoms with Gasteiger partial charge in [-0.25, -0.2) is 0 Å². The van der Waals surface area contributed by atoms with Gasteiger partial charge in [-0.15, -0.1) is 0 Å². The summed E-state index contributed by atoms with van der Waals surface area (Å²) in [5.74, 6) is 3.23. The molecule has 1 fully saturated rings. The average Bonchev–Trinajstić information content (AvgIpc) is 2.30. The second kappa shape index (κ2) is 4.84. The minimum Gasteiger partial charge on any atom is -0.295 e. The highest BCUT2D eigenvalue weighted by Gasteiger charge is 2.19. The zero-order valence-electron chi connectivity index (χ0n) is 9.03. The van der Waals surface area contributed by atoms with E-state index in [0.29, 0.717) is 5.92 Å². The van der Waals surface area contributed by atoms with Crippen molar-refractivity contribution in [1.82, 2.24) is 0 Å². The fourth-order valence-corrected chi connectivity index (χ4v) is 3.33. The molecule has 2 heteroatoms. The highest BCUT2D eigenvalue weighted by molar-refractivity contribution is 7.99. The summed E-state index contributed by atoms with van der Waals surface area (Å²) in [4.78, 5) is 11.5. The van der Waals surface area contributed by atoms with Crippen LogP contribution in [0.1, 0.15) is 41.6 Å². The summed E-state index contributed by atoms with van der Waals surface area (Å²) in [6.07, 6.45) is 2.51. The first kappa shape index (κ1) is 10.7. The Morgan fingerprint density at radius 1 is 1.40 bits per heavy atom. The third-order valence-corrected chi connectivity index (χ3v) is 4.16. The lowest BCUT2D eigenvalue weighted by atomic mass is 9.90. The van der Waals surface area contributed by atoms with Crippen LogP contribution in [0.2, 0.25) is 0 Å². The fourth-order valence-electron chi connectivity index (χ4n) is 2.16. The molecule has 0 aliphatic carbocycles. The van der Waals surface area contributed by atoms with Crippen LogP contribution >= 0.6 is 11.8 Å². The van der Waals surface area contributed by atoms with Gasteiger partial charge in [-0.3, -0.25) is 4.79 Å². The van der Waals surface area contributed by atoms with Crippen molar-refractivity contribution in [2.24, 2.45) is 0 Å². The minimum absolute atomic E-state index is 0.196. The standard InChI is InChI=1S/C13H16OS/c1-10(14)12-6-2-3-7-13(12)11-5-4-8-15-9-11/h2-3,6-7,11H,4-5,8-9H2,1H3. The average molecular weight is 220 g/mol. The number of hydrogen-bond donors (Lipinski definition) is 0. The van der Waals surface area contributed by atoms with Crippen molar-refractivity contribution in [1.29, 1.82) is 0 Å². The van der Waals surface area contributed by atoms with Gasteiger partial charge in [0.05, 0.1) is 0 Å². The van der Waals surface area contributed by atoms with Crippen LogP contribution in [-0.4, -0.2) is 17.3 Å². The number of Topliss-reactive ketones (excluding diaryl/α,β-unsaturated/α-hetero) is 1. The van der Waals surface area contributed by atoms with Gasteiger partial charge in [-0.2, -0.15) is 11.8 Å². The van der Waals surface area contributed by atoms with Crippen molar-refractivity contribution in [2.45, 2.75) is 25.7 Å². The van der Waals surface area contributed by atoms with E-state index in [9.17, 15) is 4.79 Å². The third kappa shape index (κ3) is 2.43. The molecule has 0 amide bonds. The molecule has 0 saturated carbocycles. The summed E-state index contributed by atoms with van der Waals surface area (Å²) in [6.45, 7) is 1.66. The summed E-state index contributed by atoms with van der Waals surface area (Å²) in [5, 5.41) is 0. The van der Waals surface area contributed by atoms with Crippen LogP contribution in [-0.2, 0) is 0 Å². The summed E-state index contributed by atoms with van der Waals surface area (Å²) >= 11 is 2.01. The van der Waals surface area contributed by atoms with Crippen LogP contribution in [0, 0.1) is 0 Å². The quantitative estimate of drug-likeness (QED) is 0.710. The molecule has 0 radical (unpaired) electrons. The molecular formula is C13H16OS. The Bertz CT molecular complexity index is 353. The van der Waals surface area contributed by atoms with Crippen LogP contribution in [0.3, 0.4) is 0 Å². The molecule has 1 heterocycles. The maximum atomic E-state index is 11.5. The topological polar surface area (TPSA) is 17.1 Å². The first-order chi connectivity index (χ1) is 7.29. The zero-order chi connectivity index (χ0) is 10.7. The van der Waals surface area contributed by atoms with Gasteiger partial charge < -0.3 is 0 Å². The van der Waals surface area contributed by atoms with Crippen molar-refractivity contribution in [3.8, 4) is 0 Å². The van der Waals surface area contributed by atoms with Crippen molar-refractivity contribution in [2.75, 3.05) is 11.5 Å². The molecule has 0 N–H and O–H groups in total. The number of hydrogen-bond acceptors (Lipinski definition) is 2. The number of thioether (sulfide) groups is 1. The van der Waals surface area contributed by atoms with Gasteiger partial charge in [-0.1, -0.05) is 24.3 Å². The lowest BCUT2D eigenvalue weighted by Gasteiger charge is -2.23. The summed E-state index contributed by atoms with van der Waals surface area (Å²) in [7, 11) is 0. The number of carbonyl (C=O) groups excluding carboxylic acids is 1. The van der Waals surface area contributed by atoms with Gasteiger partial charge in [0.15, 0.2) is 5.78 Å². The zero-order valence-corrected chi connectivity index (χ0v) is 9.85. The SMILES string of the molecule is CC(=O)c1ccccc1C1CCCSC1. The molecule has 15 heavy (non-hydrogen) atoms. The van der Waals surface area contributed by atoms with Gasteiger partial charge in [-0.05, 0) is 37.0 Å². The maximum absolute atomic E-state index is 11.5. The van der Waals surface area contributed by atoms with Gasteiger partial charge in [0.1, 0.15) is 0 Å². The van der Waals surface area contributed by atoms with Crippen LogP contribution < -0.4 is 0 Å². The highest BCUT2D eigenvalue weighted by Crippen LogP contribution is 2.32. The molecule has 1 unspecified atom stereocenters. The third-order valence-electron chi connectivity index (χ3n) is 2.94. The molecule has 1 aliphatic heterocycles. The smallest absolute Gasteiger partial charge is 0.160 e. The fraction of sp³-hybridized carbons (Fsp3) is 0.462. The van der Waals surface area contributed by atoms with Crippen LogP contribution in [0.25, 0.3) is 0 Å². The highest BCUT2D eigenvalue weighted by atomic mass is 32.2.